The van der Waals surface area contributed by atoms with Gasteiger partial charge in [-0.25, -0.2) is 0 Å². The van der Waals surface area contributed by atoms with E-state index >= 15 is 0 Å². The lowest BCUT2D eigenvalue weighted by atomic mass is 9.77. The Bertz CT molecular complexity index is 607. The van der Waals surface area contributed by atoms with Gasteiger partial charge in [0.15, 0.2) is 8.32 Å². The molecule has 4 nitrogen and oxygen atoms in total. The predicted molar refractivity (Wildman–Crippen MR) is 102 cm³/mol. The van der Waals surface area contributed by atoms with E-state index in [1.807, 2.05) is 6.20 Å². The second-order valence-corrected chi connectivity index (χ2v) is 13.7. The fourth-order valence-corrected chi connectivity index (χ4v) is 4.57. The molecule has 134 valence electrons. The SMILES string of the molecule is Cc1cc(C(C)(C)O[Si](C)(C)C)ncc1B1OC(C)(C)C(C)(C)O1. The summed E-state index contributed by atoms with van der Waals surface area (Å²) in [5, 5.41) is 0. The van der Waals surface area contributed by atoms with Gasteiger partial charge in [-0.2, -0.15) is 0 Å². The van der Waals surface area contributed by atoms with Gasteiger partial charge >= 0.3 is 7.12 Å². The summed E-state index contributed by atoms with van der Waals surface area (Å²) >= 11 is 0. The Kier molecular flexibility index (Phi) is 4.86. The van der Waals surface area contributed by atoms with E-state index in [-0.39, 0.29) is 18.3 Å². The van der Waals surface area contributed by atoms with Crippen molar-refractivity contribution in [1.82, 2.24) is 4.98 Å². The zero-order valence-electron chi connectivity index (χ0n) is 16.9. The summed E-state index contributed by atoms with van der Waals surface area (Å²) in [6.07, 6.45) is 1.88. The Balaban J connectivity index is 2.29. The van der Waals surface area contributed by atoms with Gasteiger partial charge in [0.05, 0.1) is 22.5 Å². The van der Waals surface area contributed by atoms with Gasteiger partial charge in [-0.15, -0.1) is 0 Å². The maximum atomic E-state index is 6.31. The number of rotatable bonds is 4. The zero-order chi connectivity index (χ0) is 18.6. The molecule has 1 aliphatic heterocycles. The highest BCUT2D eigenvalue weighted by atomic mass is 28.4. The number of hydrogen-bond donors (Lipinski definition) is 0. The van der Waals surface area contributed by atoms with Gasteiger partial charge in [0.1, 0.15) is 0 Å². The number of nitrogens with zero attached hydrogens (tertiary/aromatic N) is 1. The molecule has 0 aliphatic carbocycles. The van der Waals surface area contributed by atoms with Crippen molar-refractivity contribution in [1.29, 1.82) is 0 Å². The second kappa shape index (κ2) is 5.94. The van der Waals surface area contributed by atoms with Crippen LogP contribution in [-0.2, 0) is 19.3 Å². The monoisotopic (exact) mass is 349 g/mol. The van der Waals surface area contributed by atoms with Crippen LogP contribution in [0.25, 0.3) is 0 Å². The van der Waals surface area contributed by atoms with Gasteiger partial charge < -0.3 is 13.7 Å². The van der Waals surface area contributed by atoms with Crippen LogP contribution in [0.2, 0.25) is 19.6 Å². The summed E-state index contributed by atoms with van der Waals surface area (Å²) in [7, 11) is -2.04. The maximum Gasteiger partial charge on any atom is 0.496 e. The molecule has 0 atom stereocenters. The lowest BCUT2D eigenvalue weighted by Crippen LogP contribution is -2.41. The molecule has 2 heterocycles. The normalized spacial score (nSPS) is 20.5. The van der Waals surface area contributed by atoms with Crippen molar-refractivity contribution in [3.05, 3.63) is 23.5 Å². The van der Waals surface area contributed by atoms with E-state index in [0.717, 1.165) is 16.7 Å². The molecular weight excluding hydrogens is 317 g/mol. The predicted octanol–water partition coefficient (Wildman–Crippen LogP) is 3.78. The molecule has 1 aromatic rings. The smallest absolute Gasteiger partial charge is 0.407 e. The molecule has 1 aliphatic rings. The Labute approximate surface area is 148 Å². The van der Waals surface area contributed by atoms with Crippen molar-refractivity contribution in [2.45, 2.75) is 84.9 Å². The summed E-state index contributed by atoms with van der Waals surface area (Å²) in [6, 6.07) is 2.10. The van der Waals surface area contributed by atoms with Crippen LogP contribution >= 0.6 is 0 Å². The van der Waals surface area contributed by atoms with Crippen LogP contribution in [0.3, 0.4) is 0 Å². The Morgan fingerprint density at radius 3 is 2.00 bits per heavy atom. The molecular formula is C18H32BNO3Si. The van der Waals surface area contributed by atoms with Gasteiger partial charge in [0.2, 0.25) is 0 Å². The highest BCUT2D eigenvalue weighted by Crippen LogP contribution is 2.37. The van der Waals surface area contributed by atoms with Crippen LogP contribution in [0, 0.1) is 6.92 Å². The first kappa shape index (κ1) is 19.6. The van der Waals surface area contributed by atoms with Gasteiger partial charge in [0, 0.05) is 11.7 Å². The molecule has 0 saturated carbocycles. The van der Waals surface area contributed by atoms with E-state index < -0.39 is 13.9 Å². The van der Waals surface area contributed by atoms with Gasteiger partial charge in [0.25, 0.3) is 0 Å². The van der Waals surface area contributed by atoms with Crippen molar-refractivity contribution in [3.63, 3.8) is 0 Å². The lowest BCUT2D eigenvalue weighted by molar-refractivity contribution is 0.00578. The van der Waals surface area contributed by atoms with E-state index in [9.17, 15) is 0 Å². The quantitative estimate of drug-likeness (QED) is 0.776. The third-order valence-corrected chi connectivity index (χ3v) is 5.96. The van der Waals surface area contributed by atoms with Crippen molar-refractivity contribution >= 4 is 20.9 Å². The van der Waals surface area contributed by atoms with Gasteiger partial charge in [-0.05, 0) is 79.7 Å². The Morgan fingerprint density at radius 1 is 1.08 bits per heavy atom. The highest BCUT2D eigenvalue weighted by molar-refractivity contribution is 6.69. The summed E-state index contributed by atoms with van der Waals surface area (Å²) in [4.78, 5) is 4.67. The summed E-state index contributed by atoms with van der Waals surface area (Å²) < 4.78 is 18.6. The standard InChI is InChI=1S/C18H32BNO3Si/c1-13-11-15(16(2,3)23-24(8,9)10)20-12-14(13)19-21-17(4,5)18(6,7)22-19/h11-12H,1-10H3. The molecule has 1 saturated heterocycles. The Hall–Kier alpha value is -0.688. The first-order valence-corrected chi connectivity index (χ1v) is 12.1. The van der Waals surface area contributed by atoms with Crippen LogP contribution in [-0.4, -0.2) is 31.6 Å². The summed E-state index contributed by atoms with van der Waals surface area (Å²) in [6.45, 7) is 21.1. The first-order chi connectivity index (χ1) is 10.6. The molecule has 2 rings (SSSR count). The van der Waals surface area contributed by atoms with Crippen LogP contribution < -0.4 is 5.46 Å². The molecule has 1 fully saturated rings. The average Bonchev–Trinajstić information content (AvgIpc) is 2.54. The number of hydrogen-bond acceptors (Lipinski definition) is 4. The Morgan fingerprint density at radius 2 is 1.58 bits per heavy atom. The maximum absolute atomic E-state index is 6.31. The molecule has 24 heavy (non-hydrogen) atoms. The number of aryl methyl sites for hydroxylation is 1. The second-order valence-electron chi connectivity index (χ2n) is 9.24. The molecule has 0 aromatic carbocycles. The topological polar surface area (TPSA) is 40.6 Å². The van der Waals surface area contributed by atoms with Crippen LogP contribution in [0.15, 0.2) is 12.3 Å². The van der Waals surface area contributed by atoms with Crippen LogP contribution in [0.1, 0.15) is 52.8 Å². The third-order valence-electron chi connectivity index (χ3n) is 4.84. The van der Waals surface area contributed by atoms with Crippen molar-refractivity contribution in [3.8, 4) is 0 Å². The van der Waals surface area contributed by atoms with Crippen molar-refractivity contribution < 1.29 is 13.7 Å². The highest BCUT2D eigenvalue weighted by Gasteiger charge is 2.52. The van der Waals surface area contributed by atoms with E-state index in [1.54, 1.807) is 0 Å². The lowest BCUT2D eigenvalue weighted by Gasteiger charge is -2.33. The molecule has 6 heteroatoms. The van der Waals surface area contributed by atoms with Crippen molar-refractivity contribution in [2.24, 2.45) is 0 Å². The van der Waals surface area contributed by atoms with Gasteiger partial charge in [-0.1, -0.05) is 0 Å². The fourth-order valence-electron chi connectivity index (χ4n) is 2.93. The summed E-state index contributed by atoms with van der Waals surface area (Å²) in [5.74, 6) is 0. The number of pyridine rings is 1. The molecule has 0 N–H and O–H groups in total. The molecule has 0 spiro atoms. The van der Waals surface area contributed by atoms with Crippen molar-refractivity contribution in [2.75, 3.05) is 0 Å². The minimum Gasteiger partial charge on any atom is -0.407 e. The molecule has 1 aromatic heterocycles. The minimum absolute atomic E-state index is 0.344. The van der Waals surface area contributed by atoms with Crippen LogP contribution in [0.4, 0.5) is 0 Å². The van der Waals surface area contributed by atoms with Crippen LogP contribution in [0.5, 0.6) is 0 Å². The van der Waals surface area contributed by atoms with E-state index in [0.29, 0.717) is 0 Å². The molecule has 0 radical (unpaired) electrons. The van der Waals surface area contributed by atoms with E-state index in [4.69, 9.17) is 13.7 Å². The fraction of sp³-hybridized carbons (Fsp3) is 0.722. The molecule has 0 unspecified atom stereocenters. The number of aromatic nitrogens is 1. The van der Waals surface area contributed by atoms with E-state index in [1.165, 1.54) is 0 Å². The minimum atomic E-state index is -1.66. The summed E-state index contributed by atoms with van der Waals surface area (Å²) in [5.41, 5.74) is 1.96. The molecule has 0 amide bonds. The third kappa shape index (κ3) is 3.93. The molecule has 0 bridgehead atoms. The largest absolute Gasteiger partial charge is 0.496 e. The zero-order valence-corrected chi connectivity index (χ0v) is 17.9. The first-order valence-electron chi connectivity index (χ1n) is 8.67. The van der Waals surface area contributed by atoms with E-state index in [2.05, 4.69) is 79.2 Å². The van der Waals surface area contributed by atoms with Gasteiger partial charge in [-0.3, -0.25) is 4.98 Å². The average molecular weight is 349 g/mol.